The van der Waals surface area contributed by atoms with E-state index in [1.807, 2.05) is 4.90 Å². The van der Waals surface area contributed by atoms with Gasteiger partial charge < -0.3 is 10.6 Å². The van der Waals surface area contributed by atoms with E-state index >= 15 is 0 Å². The van der Waals surface area contributed by atoms with Crippen molar-refractivity contribution >= 4 is 29.6 Å². The molecule has 18 heavy (non-hydrogen) atoms. The lowest BCUT2D eigenvalue weighted by Gasteiger charge is -2.16. The molecule has 4 N–H and O–H groups in total. The van der Waals surface area contributed by atoms with Gasteiger partial charge in [-0.05, 0) is 0 Å². The van der Waals surface area contributed by atoms with Crippen LogP contribution in [-0.2, 0) is 6.67 Å². The number of anilines is 2. The number of hydrogen-bond donors (Lipinski definition) is 2. The Morgan fingerprint density at radius 1 is 1.33 bits per heavy atom. The van der Waals surface area contributed by atoms with Gasteiger partial charge in [0.1, 0.15) is 6.67 Å². The third-order valence-corrected chi connectivity index (χ3v) is 2.37. The molecule has 98 valence electrons. The smallest absolute Gasteiger partial charge is 0.247 e. The van der Waals surface area contributed by atoms with E-state index < -0.39 is 0 Å². The zero-order valence-electron chi connectivity index (χ0n) is 10.1. The number of hydrazine groups is 1. The molecule has 1 aromatic rings. The minimum Gasteiger partial charge on any atom is -0.368 e. The zero-order chi connectivity index (χ0) is 13.5. The summed E-state index contributed by atoms with van der Waals surface area (Å²) in [5.74, 6) is 6.34. The largest absolute Gasteiger partial charge is 0.368 e. The van der Waals surface area contributed by atoms with Crippen LogP contribution < -0.4 is 16.5 Å². The quantitative estimate of drug-likeness (QED) is 0.299. The highest BCUT2D eigenvalue weighted by Gasteiger charge is 2.12. The molecule has 0 amide bonds. The van der Waals surface area contributed by atoms with Gasteiger partial charge in [-0.15, -0.1) is 18.3 Å². The summed E-state index contributed by atoms with van der Waals surface area (Å²) in [5.41, 5.74) is 7.07. The van der Waals surface area contributed by atoms with Crippen LogP contribution in [0, 0.1) is 0 Å². The van der Waals surface area contributed by atoms with Gasteiger partial charge in [-0.3, -0.25) is 5.01 Å². The highest BCUT2D eigenvalue weighted by Crippen LogP contribution is 2.11. The third-order valence-electron chi connectivity index (χ3n) is 2.10. The molecular formula is C10H17N7S. The van der Waals surface area contributed by atoms with Crippen molar-refractivity contribution in [3.8, 4) is 0 Å². The standard InChI is InChI=1S/C10H17N7S/c1-3-5-15(6-4-2)10-13-9(11)17(14-10)7-16(12)8-18/h3-4,8H,1-2,5-7,12H2,(H2,11,13,14). The first-order chi connectivity index (χ1) is 8.62. The van der Waals surface area contributed by atoms with Gasteiger partial charge in [0.05, 0.1) is 5.49 Å². The van der Waals surface area contributed by atoms with Crippen LogP contribution in [0.5, 0.6) is 0 Å². The lowest BCUT2D eigenvalue weighted by atomic mass is 10.5. The van der Waals surface area contributed by atoms with Gasteiger partial charge in [0.15, 0.2) is 0 Å². The third kappa shape index (κ3) is 3.54. The molecule has 0 saturated heterocycles. The summed E-state index contributed by atoms with van der Waals surface area (Å²) in [6.45, 7) is 8.83. The van der Waals surface area contributed by atoms with Crippen LogP contribution in [-0.4, -0.2) is 38.4 Å². The van der Waals surface area contributed by atoms with E-state index in [1.165, 1.54) is 15.2 Å². The summed E-state index contributed by atoms with van der Waals surface area (Å²) < 4.78 is 1.47. The lowest BCUT2D eigenvalue weighted by molar-refractivity contribution is 0.349. The van der Waals surface area contributed by atoms with Crippen molar-refractivity contribution in [3.05, 3.63) is 25.3 Å². The van der Waals surface area contributed by atoms with Crippen LogP contribution in [0.1, 0.15) is 0 Å². The number of rotatable bonds is 8. The molecule has 0 aliphatic carbocycles. The Morgan fingerprint density at radius 2 is 1.94 bits per heavy atom. The molecule has 0 radical (unpaired) electrons. The average Bonchev–Trinajstić information content (AvgIpc) is 2.70. The van der Waals surface area contributed by atoms with Crippen LogP contribution in [0.15, 0.2) is 25.3 Å². The first kappa shape index (κ1) is 14.1. The molecule has 0 bridgehead atoms. The first-order valence-corrected chi connectivity index (χ1v) is 5.73. The molecule has 0 unspecified atom stereocenters. The van der Waals surface area contributed by atoms with Crippen molar-refractivity contribution in [2.45, 2.75) is 6.67 Å². The van der Waals surface area contributed by atoms with E-state index in [0.29, 0.717) is 19.0 Å². The molecule has 8 heteroatoms. The molecule has 1 aromatic heterocycles. The summed E-state index contributed by atoms with van der Waals surface area (Å²) >= 11 is 4.70. The zero-order valence-corrected chi connectivity index (χ0v) is 10.9. The second-order valence-electron chi connectivity index (χ2n) is 3.51. The Balaban J connectivity index is 2.89. The van der Waals surface area contributed by atoms with Crippen molar-refractivity contribution in [2.75, 3.05) is 23.7 Å². The van der Waals surface area contributed by atoms with Gasteiger partial charge in [-0.1, -0.05) is 24.4 Å². The van der Waals surface area contributed by atoms with E-state index in [9.17, 15) is 0 Å². The fourth-order valence-corrected chi connectivity index (χ4v) is 1.38. The van der Waals surface area contributed by atoms with Gasteiger partial charge >= 0.3 is 0 Å². The molecule has 0 aliphatic rings. The number of aromatic nitrogens is 3. The summed E-state index contributed by atoms with van der Waals surface area (Å²) in [6.07, 6.45) is 3.51. The van der Waals surface area contributed by atoms with Crippen molar-refractivity contribution in [3.63, 3.8) is 0 Å². The number of thiocarbonyl (C=S) groups is 1. The first-order valence-electron chi connectivity index (χ1n) is 5.26. The van der Waals surface area contributed by atoms with Crippen LogP contribution in [0.25, 0.3) is 0 Å². The normalized spacial score (nSPS) is 9.83. The van der Waals surface area contributed by atoms with Gasteiger partial charge in [-0.25, -0.2) is 10.5 Å². The highest BCUT2D eigenvalue weighted by atomic mass is 32.1. The minimum atomic E-state index is 0.248. The number of nitrogen functional groups attached to an aromatic ring is 1. The Bertz CT molecular complexity index is 418. The Morgan fingerprint density at radius 3 is 2.44 bits per heavy atom. The topological polar surface area (TPSA) is 89.2 Å². The summed E-state index contributed by atoms with van der Waals surface area (Å²) in [5, 5.41) is 5.55. The van der Waals surface area contributed by atoms with Crippen LogP contribution in [0.2, 0.25) is 0 Å². The van der Waals surface area contributed by atoms with Gasteiger partial charge in [0.25, 0.3) is 0 Å². The summed E-state index contributed by atoms with van der Waals surface area (Å²) in [6, 6.07) is 0. The van der Waals surface area contributed by atoms with Crippen molar-refractivity contribution in [1.82, 2.24) is 19.8 Å². The predicted octanol–water partition coefficient (Wildman–Crippen LogP) is 0.129. The van der Waals surface area contributed by atoms with Crippen LogP contribution in [0.4, 0.5) is 11.9 Å². The maximum absolute atomic E-state index is 5.76. The van der Waals surface area contributed by atoms with Crippen molar-refractivity contribution in [1.29, 1.82) is 0 Å². The Kier molecular flexibility index (Phi) is 5.28. The van der Waals surface area contributed by atoms with Crippen molar-refractivity contribution < 1.29 is 0 Å². The van der Waals surface area contributed by atoms with E-state index in [0.717, 1.165) is 0 Å². The van der Waals surface area contributed by atoms with Gasteiger partial charge in [-0.2, -0.15) is 4.98 Å². The monoisotopic (exact) mass is 267 g/mol. The molecule has 0 saturated carbocycles. The van der Waals surface area contributed by atoms with E-state index in [4.69, 9.17) is 23.8 Å². The molecule has 1 heterocycles. The molecule has 0 atom stereocenters. The SMILES string of the molecule is C=CCN(CC=C)c1nc(N)n(CN(N)C=S)n1. The fraction of sp³-hybridized carbons (Fsp3) is 0.300. The minimum absolute atomic E-state index is 0.248. The maximum Gasteiger partial charge on any atom is 0.247 e. The number of nitrogens with two attached hydrogens (primary N) is 2. The second kappa shape index (κ2) is 6.72. The Hall–Kier alpha value is -1.93. The van der Waals surface area contributed by atoms with E-state index in [1.54, 1.807) is 12.2 Å². The summed E-state index contributed by atoms with van der Waals surface area (Å²) in [7, 11) is 0. The van der Waals surface area contributed by atoms with E-state index in [2.05, 4.69) is 23.2 Å². The lowest BCUT2D eigenvalue weighted by Crippen LogP contribution is -2.32. The van der Waals surface area contributed by atoms with Gasteiger partial charge in [0, 0.05) is 13.1 Å². The molecular weight excluding hydrogens is 250 g/mol. The fourth-order valence-electron chi connectivity index (χ4n) is 1.32. The van der Waals surface area contributed by atoms with E-state index in [-0.39, 0.29) is 12.6 Å². The van der Waals surface area contributed by atoms with Crippen LogP contribution >= 0.6 is 12.2 Å². The summed E-state index contributed by atoms with van der Waals surface area (Å²) in [4.78, 5) is 6.05. The highest BCUT2D eigenvalue weighted by molar-refractivity contribution is 7.78. The average molecular weight is 267 g/mol. The number of hydrogen-bond acceptors (Lipinski definition) is 6. The van der Waals surface area contributed by atoms with Crippen LogP contribution in [0.3, 0.4) is 0 Å². The number of nitrogens with zero attached hydrogens (tertiary/aromatic N) is 5. The molecule has 7 nitrogen and oxygen atoms in total. The predicted molar refractivity (Wildman–Crippen MR) is 76.7 cm³/mol. The molecule has 0 aromatic carbocycles. The van der Waals surface area contributed by atoms with Gasteiger partial charge in [0.2, 0.25) is 11.9 Å². The maximum atomic E-state index is 5.76. The molecule has 1 rings (SSSR count). The molecule has 0 fully saturated rings. The van der Waals surface area contributed by atoms with Crippen molar-refractivity contribution in [2.24, 2.45) is 5.84 Å². The second-order valence-corrected chi connectivity index (χ2v) is 3.72. The molecule has 0 aliphatic heterocycles. The molecule has 0 spiro atoms. The Labute approximate surface area is 111 Å².